The van der Waals surface area contributed by atoms with Crippen molar-refractivity contribution in [2.75, 3.05) is 6.54 Å². The maximum absolute atomic E-state index is 4.26. The Morgan fingerprint density at radius 1 is 0.950 bits per heavy atom. The van der Waals surface area contributed by atoms with Gasteiger partial charge in [-0.25, -0.2) is 0 Å². The largest absolute Gasteiger partial charge is 0.306 e. The zero-order valence-corrected chi connectivity index (χ0v) is 13.0. The van der Waals surface area contributed by atoms with Gasteiger partial charge in [0.2, 0.25) is 0 Å². The number of aryl methyl sites for hydroxylation is 4. The number of benzene rings is 1. The fourth-order valence-corrected chi connectivity index (χ4v) is 2.65. The Morgan fingerprint density at radius 3 is 2.20 bits per heavy atom. The Bertz CT molecular complexity index is 585. The van der Waals surface area contributed by atoms with E-state index in [1.54, 1.807) is 0 Å². The van der Waals surface area contributed by atoms with Crippen LogP contribution in [0, 0.1) is 27.7 Å². The van der Waals surface area contributed by atoms with Gasteiger partial charge in [-0.2, -0.15) is 10.2 Å². The topological polar surface area (TPSA) is 37.8 Å². The van der Waals surface area contributed by atoms with Gasteiger partial charge in [0.05, 0.1) is 17.4 Å². The summed E-state index contributed by atoms with van der Waals surface area (Å²) in [7, 11) is 0. The van der Waals surface area contributed by atoms with E-state index in [1.807, 2.05) is 13.8 Å². The van der Waals surface area contributed by atoms with Gasteiger partial charge in [-0.15, -0.1) is 0 Å². The van der Waals surface area contributed by atoms with E-state index in [-0.39, 0.29) is 6.04 Å². The summed E-state index contributed by atoms with van der Waals surface area (Å²) < 4.78 is 0. The highest BCUT2D eigenvalue weighted by Gasteiger charge is 2.17. The van der Waals surface area contributed by atoms with Crippen LogP contribution in [-0.4, -0.2) is 16.7 Å². The number of nitrogens with one attached hydrogen (secondary N) is 1. The lowest BCUT2D eigenvalue weighted by molar-refractivity contribution is 0.619. The summed E-state index contributed by atoms with van der Waals surface area (Å²) in [5.74, 6) is 0. The van der Waals surface area contributed by atoms with Crippen LogP contribution in [0.2, 0.25) is 0 Å². The molecule has 20 heavy (non-hydrogen) atoms. The van der Waals surface area contributed by atoms with E-state index in [9.17, 15) is 0 Å². The number of nitrogens with zero attached hydrogens (tertiary/aromatic N) is 2. The average molecular weight is 269 g/mol. The second kappa shape index (κ2) is 6.14. The van der Waals surface area contributed by atoms with Gasteiger partial charge in [0.25, 0.3) is 0 Å². The van der Waals surface area contributed by atoms with Crippen molar-refractivity contribution in [3.05, 3.63) is 57.9 Å². The molecular formula is C17H23N3. The first kappa shape index (κ1) is 14.7. The van der Waals surface area contributed by atoms with Gasteiger partial charge in [0, 0.05) is 0 Å². The van der Waals surface area contributed by atoms with Crippen LogP contribution in [0.5, 0.6) is 0 Å². The summed E-state index contributed by atoms with van der Waals surface area (Å²) in [6.07, 6.45) is 0. The van der Waals surface area contributed by atoms with Crippen LogP contribution in [0.1, 0.15) is 46.6 Å². The van der Waals surface area contributed by atoms with E-state index in [1.165, 1.54) is 22.3 Å². The van der Waals surface area contributed by atoms with Crippen molar-refractivity contribution >= 4 is 0 Å². The maximum Gasteiger partial charge on any atom is 0.0651 e. The fourth-order valence-electron chi connectivity index (χ4n) is 2.65. The SMILES string of the molecule is CCNC(c1cc(C)cc(C)c1)c1cc(C)nnc1C. The van der Waals surface area contributed by atoms with Crippen molar-refractivity contribution in [1.29, 1.82) is 0 Å². The molecule has 1 unspecified atom stereocenters. The molecule has 2 rings (SSSR count). The molecule has 0 bridgehead atoms. The Hall–Kier alpha value is -1.74. The number of aromatic nitrogens is 2. The highest BCUT2D eigenvalue weighted by atomic mass is 15.1. The van der Waals surface area contributed by atoms with Crippen molar-refractivity contribution in [2.45, 2.75) is 40.7 Å². The van der Waals surface area contributed by atoms with Crippen LogP contribution in [0.4, 0.5) is 0 Å². The Labute approximate surface area is 121 Å². The van der Waals surface area contributed by atoms with Gasteiger partial charge >= 0.3 is 0 Å². The van der Waals surface area contributed by atoms with Crippen molar-refractivity contribution in [2.24, 2.45) is 0 Å². The number of hydrogen-bond acceptors (Lipinski definition) is 3. The summed E-state index contributed by atoms with van der Waals surface area (Å²) in [5, 5.41) is 12.0. The third-order valence-corrected chi connectivity index (χ3v) is 3.44. The molecule has 0 radical (unpaired) electrons. The van der Waals surface area contributed by atoms with Crippen molar-refractivity contribution in [3.8, 4) is 0 Å². The molecule has 1 aromatic carbocycles. The molecular weight excluding hydrogens is 246 g/mol. The van der Waals surface area contributed by atoms with Crippen molar-refractivity contribution in [3.63, 3.8) is 0 Å². The number of rotatable bonds is 4. The molecule has 0 aliphatic heterocycles. The highest BCUT2D eigenvalue weighted by molar-refractivity contribution is 5.38. The molecule has 1 aromatic heterocycles. The van der Waals surface area contributed by atoms with Crippen LogP contribution in [0.3, 0.4) is 0 Å². The predicted octanol–water partition coefficient (Wildman–Crippen LogP) is 3.41. The van der Waals surface area contributed by atoms with Crippen molar-refractivity contribution < 1.29 is 0 Å². The molecule has 0 aliphatic carbocycles. The standard InChI is InChI=1S/C17H23N3/c1-6-18-17(15-8-11(2)7-12(3)9-15)16-10-13(4)19-20-14(16)5/h7-10,17-18H,6H2,1-5H3. The van der Waals surface area contributed by atoms with Gasteiger partial charge < -0.3 is 5.32 Å². The molecule has 1 atom stereocenters. The third-order valence-electron chi connectivity index (χ3n) is 3.44. The molecule has 3 heteroatoms. The van der Waals surface area contributed by atoms with E-state index < -0.39 is 0 Å². The first-order valence-corrected chi connectivity index (χ1v) is 7.13. The predicted molar refractivity (Wildman–Crippen MR) is 82.9 cm³/mol. The number of hydrogen-bond donors (Lipinski definition) is 1. The summed E-state index contributed by atoms with van der Waals surface area (Å²) >= 11 is 0. The lowest BCUT2D eigenvalue weighted by Gasteiger charge is -2.21. The molecule has 1 heterocycles. The van der Waals surface area contributed by atoms with Crippen LogP contribution in [0.25, 0.3) is 0 Å². The van der Waals surface area contributed by atoms with Gasteiger partial charge in [-0.3, -0.25) is 0 Å². The molecule has 106 valence electrons. The first-order chi connectivity index (χ1) is 9.51. The molecule has 0 fully saturated rings. The maximum atomic E-state index is 4.26. The normalized spacial score (nSPS) is 12.4. The summed E-state index contributed by atoms with van der Waals surface area (Å²) in [6.45, 7) is 11.3. The first-order valence-electron chi connectivity index (χ1n) is 7.13. The monoisotopic (exact) mass is 269 g/mol. The van der Waals surface area contributed by atoms with E-state index in [0.29, 0.717) is 0 Å². The summed E-state index contributed by atoms with van der Waals surface area (Å²) in [5.41, 5.74) is 7.03. The lowest BCUT2D eigenvalue weighted by Crippen LogP contribution is -2.23. The minimum atomic E-state index is 0.174. The molecule has 0 aliphatic rings. The Morgan fingerprint density at radius 2 is 1.60 bits per heavy atom. The molecule has 0 saturated carbocycles. The van der Waals surface area contributed by atoms with E-state index >= 15 is 0 Å². The van der Waals surface area contributed by atoms with Crippen LogP contribution in [0.15, 0.2) is 24.3 Å². The Kier molecular flexibility index (Phi) is 4.50. The fraction of sp³-hybridized carbons (Fsp3) is 0.412. The summed E-state index contributed by atoms with van der Waals surface area (Å²) in [6, 6.07) is 9.00. The minimum Gasteiger partial charge on any atom is -0.306 e. The highest BCUT2D eigenvalue weighted by Crippen LogP contribution is 2.26. The Balaban J connectivity index is 2.52. The smallest absolute Gasteiger partial charge is 0.0651 e. The van der Waals surface area contributed by atoms with E-state index in [2.05, 4.69) is 60.6 Å². The zero-order chi connectivity index (χ0) is 14.7. The second-order valence-electron chi connectivity index (χ2n) is 5.44. The van der Waals surface area contributed by atoms with Gasteiger partial charge in [0.15, 0.2) is 0 Å². The van der Waals surface area contributed by atoms with E-state index in [0.717, 1.165) is 17.9 Å². The van der Waals surface area contributed by atoms with Crippen LogP contribution >= 0.6 is 0 Å². The third kappa shape index (κ3) is 3.23. The average Bonchev–Trinajstić information content (AvgIpc) is 2.38. The lowest BCUT2D eigenvalue weighted by atomic mass is 9.94. The zero-order valence-electron chi connectivity index (χ0n) is 13.0. The molecule has 0 saturated heterocycles. The van der Waals surface area contributed by atoms with Crippen LogP contribution < -0.4 is 5.32 Å². The van der Waals surface area contributed by atoms with Gasteiger partial charge in [-0.1, -0.05) is 36.2 Å². The summed E-state index contributed by atoms with van der Waals surface area (Å²) in [4.78, 5) is 0. The molecule has 0 amide bonds. The van der Waals surface area contributed by atoms with Gasteiger partial charge in [0.1, 0.15) is 0 Å². The molecule has 1 N–H and O–H groups in total. The second-order valence-corrected chi connectivity index (χ2v) is 5.44. The van der Waals surface area contributed by atoms with Crippen molar-refractivity contribution in [1.82, 2.24) is 15.5 Å². The molecule has 3 nitrogen and oxygen atoms in total. The molecule has 2 aromatic rings. The van der Waals surface area contributed by atoms with Gasteiger partial charge in [-0.05, 0) is 51.4 Å². The molecule has 0 spiro atoms. The quantitative estimate of drug-likeness (QED) is 0.924. The minimum absolute atomic E-state index is 0.174. The van der Waals surface area contributed by atoms with Crippen LogP contribution in [-0.2, 0) is 0 Å². The van der Waals surface area contributed by atoms with E-state index in [4.69, 9.17) is 0 Å².